The molecule has 0 radical (unpaired) electrons. The van der Waals surface area contributed by atoms with E-state index >= 15 is 0 Å². The molecule has 2 aliphatic carbocycles. The number of benzene rings is 1. The number of phenolic OH excluding ortho intramolecular Hbond substituents is 1. The Labute approximate surface area is 167 Å². The van der Waals surface area contributed by atoms with Crippen molar-refractivity contribution >= 4 is 17.7 Å². The van der Waals surface area contributed by atoms with Gasteiger partial charge in [-0.25, -0.2) is 0 Å². The van der Waals surface area contributed by atoms with Gasteiger partial charge in [0.2, 0.25) is 0 Å². The van der Waals surface area contributed by atoms with Crippen LogP contribution in [-0.4, -0.2) is 23.8 Å². The number of carbonyl (C=O) groups excluding carboxylic acids is 1. The molecule has 2 unspecified atom stereocenters. The highest BCUT2D eigenvalue weighted by molar-refractivity contribution is 7.99. The Hall–Kier alpha value is -1.16. The van der Waals surface area contributed by atoms with Gasteiger partial charge in [-0.2, -0.15) is 0 Å². The molecule has 4 atom stereocenters. The second kappa shape index (κ2) is 6.17. The van der Waals surface area contributed by atoms with Gasteiger partial charge < -0.3 is 10.4 Å². The van der Waals surface area contributed by atoms with E-state index in [-0.39, 0.29) is 17.1 Å². The maximum Gasteiger partial charge on any atom is 0.254 e. The van der Waals surface area contributed by atoms with Crippen LogP contribution in [0.2, 0.25) is 0 Å². The molecule has 0 bridgehead atoms. The lowest BCUT2D eigenvalue weighted by Crippen LogP contribution is -2.58. The number of hydrogen-bond acceptors (Lipinski definition) is 3. The average Bonchev–Trinajstić information content (AvgIpc) is 2.59. The Balaban J connectivity index is 1.82. The highest BCUT2D eigenvalue weighted by atomic mass is 32.2. The lowest BCUT2D eigenvalue weighted by Gasteiger charge is -2.64. The molecule has 1 heterocycles. The van der Waals surface area contributed by atoms with Crippen LogP contribution in [0.25, 0.3) is 0 Å². The first-order valence-corrected chi connectivity index (χ1v) is 11.3. The fourth-order valence-electron chi connectivity index (χ4n) is 6.97. The Bertz CT molecular complexity index is 789. The first kappa shape index (κ1) is 19.2. The van der Waals surface area contributed by atoms with E-state index in [0.29, 0.717) is 22.3 Å². The first-order valence-electron chi connectivity index (χ1n) is 10.4. The summed E-state index contributed by atoms with van der Waals surface area (Å²) in [5.74, 6) is 2.40. The second-order valence-corrected chi connectivity index (χ2v) is 11.2. The van der Waals surface area contributed by atoms with E-state index in [1.54, 1.807) is 7.05 Å². The maximum absolute atomic E-state index is 12.3. The third-order valence-electron chi connectivity index (χ3n) is 8.38. The van der Waals surface area contributed by atoms with Gasteiger partial charge >= 0.3 is 0 Å². The number of carbonyl (C=O) groups is 1. The molecule has 1 aromatic carbocycles. The zero-order chi connectivity index (χ0) is 19.6. The second-order valence-electron chi connectivity index (χ2n) is 10.2. The van der Waals surface area contributed by atoms with Crippen LogP contribution in [-0.2, 0) is 5.41 Å². The molecule has 3 aliphatic rings. The third kappa shape index (κ3) is 2.66. The summed E-state index contributed by atoms with van der Waals surface area (Å²) in [6.07, 6.45) is 6.42. The summed E-state index contributed by atoms with van der Waals surface area (Å²) < 4.78 is 0. The topological polar surface area (TPSA) is 49.3 Å². The van der Waals surface area contributed by atoms with Crippen LogP contribution < -0.4 is 5.32 Å². The number of phenols is 1. The van der Waals surface area contributed by atoms with Gasteiger partial charge in [0.1, 0.15) is 5.75 Å². The van der Waals surface area contributed by atoms with E-state index in [9.17, 15) is 9.90 Å². The van der Waals surface area contributed by atoms with Gasteiger partial charge in [0.25, 0.3) is 5.91 Å². The van der Waals surface area contributed by atoms with Crippen LogP contribution in [0.4, 0.5) is 0 Å². The fraction of sp³-hybridized carbons (Fsp3) is 0.696. The van der Waals surface area contributed by atoms with Gasteiger partial charge in [0, 0.05) is 17.7 Å². The summed E-state index contributed by atoms with van der Waals surface area (Å²) in [6, 6.07) is 3.81. The molecule has 0 saturated heterocycles. The molecule has 4 heteroatoms. The Morgan fingerprint density at radius 1 is 1.15 bits per heavy atom. The van der Waals surface area contributed by atoms with Gasteiger partial charge in [-0.05, 0) is 71.5 Å². The molecular formula is C23H33NO2S. The molecule has 1 aromatic rings. The summed E-state index contributed by atoms with van der Waals surface area (Å²) >= 11 is 1.88. The molecule has 2 saturated carbocycles. The van der Waals surface area contributed by atoms with Crippen molar-refractivity contribution in [2.24, 2.45) is 22.7 Å². The number of fused-ring (bicyclic) bond motifs is 5. The van der Waals surface area contributed by atoms with Gasteiger partial charge in [-0.1, -0.05) is 34.1 Å². The van der Waals surface area contributed by atoms with Crippen LogP contribution in [0.5, 0.6) is 5.75 Å². The van der Waals surface area contributed by atoms with E-state index in [1.165, 1.54) is 37.7 Å². The minimum atomic E-state index is -0.204. The standard InChI is InChI=1S/C23H33NO2S/c1-21(2)8-6-9-23(4)18(21)7-10-22(3)15-11-14(20(26)24-5)16(25)12-17(15)27-13-19(22)23/h11-12,18-19,25H,6-10,13H2,1-5H3,(H,24,26)/t18-,19?,22-,23?/m0/s1. The molecule has 1 aliphatic heterocycles. The Morgan fingerprint density at radius 2 is 1.89 bits per heavy atom. The Kier molecular flexibility index (Phi) is 4.38. The molecule has 2 N–H and O–H groups in total. The third-order valence-corrected chi connectivity index (χ3v) is 9.53. The molecule has 4 rings (SSSR count). The summed E-state index contributed by atoms with van der Waals surface area (Å²) in [6.45, 7) is 9.92. The van der Waals surface area contributed by atoms with Gasteiger partial charge in [0.15, 0.2) is 0 Å². The van der Waals surface area contributed by atoms with Crippen molar-refractivity contribution in [3.05, 3.63) is 23.3 Å². The number of rotatable bonds is 1. The van der Waals surface area contributed by atoms with Crippen molar-refractivity contribution in [2.45, 2.75) is 70.1 Å². The SMILES string of the molecule is CNC(=O)c1cc2c(cc1O)SCC1C3(C)CCCC(C)(C)[C@@H]3CC[C@@]21C. The van der Waals surface area contributed by atoms with Gasteiger partial charge in [0.05, 0.1) is 5.56 Å². The quantitative estimate of drug-likeness (QED) is 0.682. The minimum Gasteiger partial charge on any atom is -0.507 e. The lowest BCUT2D eigenvalue weighted by molar-refractivity contribution is -0.0973. The first-order chi connectivity index (χ1) is 12.6. The van der Waals surface area contributed by atoms with E-state index in [2.05, 4.69) is 33.0 Å². The average molecular weight is 388 g/mol. The van der Waals surface area contributed by atoms with Crippen molar-refractivity contribution in [2.75, 3.05) is 12.8 Å². The van der Waals surface area contributed by atoms with E-state index in [0.717, 1.165) is 16.6 Å². The smallest absolute Gasteiger partial charge is 0.254 e. The van der Waals surface area contributed by atoms with E-state index in [1.807, 2.05) is 23.9 Å². The summed E-state index contributed by atoms with van der Waals surface area (Å²) in [4.78, 5) is 13.4. The number of amides is 1. The zero-order valence-electron chi connectivity index (χ0n) is 17.3. The monoisotopic (exact) mass is 387 g/mol. The number of hydrogen-bond donors (Lipinski definition) is 2. The van der Waals surface area contributed by atoms with Crippen molar-refractivity contribution in [3.63, 3.8) is 0 Å². The van der Waals surface area contributed by atoms with Gasteiger partial charge in [-0.3, -0.25) is 4.79 Å². The van der Waals surface area contributed by atoms with Crippen molar-refractivity contribution in [1.29, 1.82) is 0 Å². The normalized spacial score (nSPS) is 36.9. The summed E-state index contributed by atoms with van der Waals surface area (Å²) in [5, 5.41) is 13.1. The highest BCUT2D eigenvalue weighted by Crippen LogP contribution is 2.67. The number of thioether (sulfide) groups is 1. The largest absolute Gasteiger partial charge is 0.507 e. The Morgan fingerprint density at radius 3 is 2.59 bits per heavy atom. The van der Waals surface area contributed by atoms with E-state index < -0.39 is 0 Å². The predicted molar refractivity (Wildman–Crippen MR) is 112 cm³/mol. The summed E-state index contributed by atoms with van der Waals surface area (Å²) in [5.41, 5.74) is 2.54. The van der Waals surface area contributed by atoms with E-state index in [4.69, 9.17) is 0 Å². The van der Waals surface area contributed by atoms with Crippen molar-refractivity contribution in [1.82, 2.24) is 5.32 Å². The molecular weight excluding hydrogens is 354 g/mol. The zero-order valence-corrected chi connectivity index (χ0v) is 18.1. The lowest BCUT2D eigenvalue weighted by atomic mass is 9.43. The minimum absolute atomic E-state index is 0.0791. The molecule has 27 heavy (non-hydrogen) atoms. The molecule has 2 fully saturated rings. The molecule has 0 spiro atoms. The fourth-order valence-corrected chi connectivity index (χ4v) is 8.71. The molecule has 0 aromatic heterocycles. The number of nitrogens with one attached hydrogen (secondary N) is 1. The van der Waals surface area contributed by atoms with Crippen LogP contribution in [0.1, 0.15) is 75.7 Å². The molecule has 148 valence electrons. The van der Waals surface area contributed by atoms with Gasteiger partial charge in [-0.15, -0.1) is 11.8 Å². The van der Waals surface area contributed by atoms with Crippen LogP contribution >= 0.6 is 11.8 Å². The highest BCUT2D eigenvalue weighted by Gasteiger charge is 2.59. The van der Waals surface area contributed by atoms with Crippen LogP contribution in [0.3, 0.4) is 0 Å². The molecule has 1 amide bonds. The number of aromatic hydroxyl groups is 1. The predicted octanol–water partition coefficient (Wildman–Crippen LogP) is 5.36. The van der Waals surface area contributed by atoms with Crippen molar-refractivity contribution in [3.8, 4) is 5.75 Å². The van der Waals surface area contributed by atoms with Crippen molar-refractivity contribution < 1.29 is 9.90 Å². The summed E-state index contributed by atoms with van der Waals surface area (Å²) in [7, 11) is 1.62. The molecule has 3 nitrogen and oxygen atoms in total. The maximum atomic E-state index is 12.3. The van der Waals surface area contributed by atoms with Crippen LogP contribution in [0.15, 0.2) is 17.0 Å². The van der Waals surface area contributed by atoms with Crippen LogP contribution in [0, 0.1) is 22.7 Å².